The summed E-state index contributed by atoms with van der Waals surface area (Å²) in [7, 11) is 0. The number of carbonyl (C=O) groups excluding carboxylic acids is 1. The van der Waals surface area contributed by atoms with Crippen LogP contribution in [0.3, 0.4) is 0 Å². The first-order chi connectivity index (χ1) is 9.59. The predicted molar refractivity (Wildman–Crippen MR) is 81.2 cm³/mol. The van der Waals surface area contributed by atoms with Crippen LogP contribution in [0.15, 0.2) is 42.5 Å². The number of primary amides is 1. The molecule has 20 heavy (non-hydrogen) atoms. The Kier molecular flexibility index (Phi) is 3.22. The molecule has 0 aliphatic heterocycles. The Balaban J connectivity index is 1.96. The van der Waals surface area contributed by atoms with Crippen LogP contribution in [0.25, 0.3) is 10.8 Å². The zero-order chi connectivity index (χ0) is 14.2. The molecular weight excluding hydrogens is 248 g/mol. The van der Waals surface area contributed by atoms with Crippen molar-refractivity contribution < 1.29 is 4.79 Å². The van der Waals surface area contributed by atoms with Gasteiger partial charge < -0.3 is 5.73 Å². The number of hydrogen-bond acceptors (Lipinski definition) is 2. The largest absolute Gasteiger partial charge is 0.368 e. The van der Waals surface area contributed by atoms with Crippen LogP contribution >= 0.6 is 0 Å². The summed E-state index contributed by atoms with van der Waals surface area (Å²) in [5.74, 6) is 0.377. The first-order valence-electron chi connectivity index (χ1n) is 7.14. The average Bonchev–Trinajstić information content (AvgIpc) is 3.28. The second-order valence-electron chi connectivity index (χ2n) is 5.88. The third kappa shape index (κ3) is 2.41. The summed E-state index contributed by atoms with van der Waals surface area (Å²) in [6.07, 6.45) is 2.50. The minimum absolute atomic E-state index is 0.326. The van der Waals surface area contributed by atoms with Gasteiger partial charge >= 0.3 is 0 Å². The fraction of sp³-hybridized carbons (Fsp3) is 0.353. The van der Waals surface area contributed by atoms with Gasteiger partial charge in [-0.1, -0.05) is 36.4 Å². The van der Waals surface area contributed by atoms with E-state index in [9.17, 15) is 4.79 Å². The number of nitrogens with two attached hydrogens (primary N) is 1. The van der Waals surface area contributed by atoms with Crippen molar-refractivity contribution in [2.75, 3.05) is 6.54 Å². The highest BCUT2D eigenvalue weighted by molar-refractivity contribution is 5.89. The van der Waals surface area contributed by atoms with E-state index < -0.39 is 5.54 Å². The van der Waals surface area contributed by atoms with Gasteiger partial charge in [-0.15, -0.1) is 0 Å². The normalized spacial score (nSPS) is 17.9. The number of fused-ring (bicyclic) bond motifs is 1. The molecule has 3 nitrogen and oxygen atoms in total. The van der Waals surface area contributed by atoms with E-state index in [0.717, 1.165) is 17.5 Å². The van der Waals surface area contributed by atoms with Crippen LogP contribution in [0.1, 0.15) is 25.3 Å². The highest BCUT2D eigenvalue weighted by Gasteiger charge is 2.35. The second-order valence-corrected chi connectivity index (χ2v) is 5.88. The SMILES string of the molecule is CC(NCC1CC1)(C(N)=O)c1ccc2ccccc2c1. The Labute approximate surface area is 119 Å². The Morgan fingerprint density at radius 2 is 1.95 bits per heavy atom. The number of carbonyl (C=O) groups is 1. The summed E-state index contributed by atoms with van der Waals surface area (Å²) in [5, 5.41) is 5.67. The Morgan fingerprint density at radius 3 is 2.60 bits per heavy atom. The van der Waals surface area contributed by atoms with Gasteiger partial charge in [0.1, 0.15) is 5.54 Å². The van der Waals surface area contributed by atoms with Gasteiger partial charge in [-0.3, -0.25) is 10.1 Å². The minimum Gasteiger partial charge on any atom is -0.368 e. The van der Waals surface area contributed by atoms with Crippen molar-refractivity contribution in [3.8, 4) is 0 Å². The Bertz CT molecular complexity index is 648. The quantitative estimate of drug-likeness (QED) is 0.875. The first-order valence-corrected chi connectivity index (χ1v) is 7.14. The molecule has 3 heteroatoms. The molecule has 0 aromatic heterocycles. The number of rotatable bonds is 5. The summed E-state index contributed by atoms with van der Waals surface area (Å²) in [5.41, 5.74) is 5.79. The fourth-order valence-corrected chi connectivity index (χ4v) is 2.50. The maximum absolute atomic E-state index is 12.0. The minimum atomic E-state index is -0.799. The monoisotopic (exact) mass is 268 g/mol. The van der Waals surface area contributed by atoms with E-state index in [-0.39, 0.29) is 5.91 Å². The zero-order valence-corrected chi connectivity index (χ0v) is 11.7. The average molecular weight is 268 g/mol. The molecule has 104 valence electrons. The van der Waals surface area contributed by atoms with Crippen LogP contribution in [0.5, 0.6) is 0 Å². The maximum Gasteiger partial charge on any atom is 0.242 e. The summed E-state index contributed by atoms with van der Waals surface area (Å²) >= 11 is 0. The van der Waals surface area contributed by atoms with Crippen molar-refractivity contribution in [3.63, 3.8) is 0 Å². The predicted octanol–water partition coefficient (Wildman–Crippen LogP) is 2.54. The molecule has 1 unspecified atom stereocenters. The van der Waals surface area contributed by atoms with E-state index in [2.05, 4.69) is 23.5 Å². The van der Waals surface area contributed by atoms with Gasteiger partial charge in [0.15, 0.2) is 0 Å². The summed E-state index contributed by atoms with van der Waals surface area (Å²) in [6, 6.07) is 14.2. The number of amides is 1. The first kappa shape index (κ1) is 13.1. The topological polar surface area (TPSA) is 55.1 Å². The van der Waals surface area contributed by atoms with Crippen molar-refractivity contribution in [2.24, 2.45) is 11.7 Å². The van der Waals surface area contributed by atoms with Crippen molar-refractivity contribution in [1.82, 2.24) is 5.32 Å². The van der Waals surface area contributed by atoms with Crippen molar-refractivity contribution >= 4 is 16.7 Å². The molecule has 1 fully saturated rings. The highest BCUT2D eigenvalue weighted by atomic mass is 16.1. The lowest BCUT2D eigenvalue weighted by atomic mass is 9.89. The van der Waals surface area contributed by atoms with E-state index >= 15 is 0 Å². The molecule has 0 spiro atoms. The third-order valence-corrected chi connectivity index (χ3v) is 4.26. The van der Waals surface area contributed by atoms with Gasteiger partial charge in [-0.2, -0.15) is 0 Å². The summed E-state index contributed by atoms with van der Waals surface area (Å²) in [4.78, 5) is 12.0. The van der Waals surface area contributed by atoms with Crippen molar-refractivity contribution in [3.05, 3.63) is 48.0 Å². The Morgan fingerprint density at radius 1 is 1.25 bits per heavy atom. The number of hydrogen-bond donors (Lipinski definition) is 2. The second kappa shape index (κ2) is 4.91. The summed E-state index contributed by atoms with van der Waals surface area (Å²) in [6.45, 7) is 2.73. The fourth-order valence-electron chi connectivity index (χ4n) is 2.50. The van der Waals surface area contributed by atoms with Crippen LogP contribution in [-0.4, -0.2) is 12.5 Å². The van der Waals surface area contributed by atoms with Crippen molar-refractivity contribution in [1.29, 1.82) is 0 Å². The molecule has 3 N–H and O–H groups in total. The van der Waals surface area contributed by atoms with Crippen LogP contribution in [0.2, 0.25) is 0 Å². The molecule has 0 heterocycles. The lowest BCUT2D eigenvalue weighted by Gasteiger charge is -2.28. The molecule has 1 amide bonds. The zero-order valence-electron chi connectivity index (χ0n) is 11.7. The molecule has 2 aromatic carbocycles. The van der Waals surface area contributed by atoms with Crippen molar-refractivity contribution in [2.45, 2.75) is 25.3 Å². The Hall–Kier alpha value is -1.87. The van der Waals surface area contributed by atoms with Gasteiger partial charge in [-0.05, 0) is 54.6 Å². The van der Waals surface area contributed by atoms with Gasteiger partial charge in [0.05, 0.1) is 0 Å². The molecule has 0 bridgehead atoms. The molecule has 1 aliphatic carbocycles. The van der Waals surface area contributed by atoms with E-state index in [1.54, 1.807) is 0 Å². The lowest BCUT2D eigenvalue weighted by molar-refractivity contribution is -0.124. The van der Waals surface area contributed by atoms with E-state index in [1.165, 1.54) is 18.2 Å². The van der Waals surface area contributed by atoms with Gasteiger partial charge in [0, 0.05) is 0 Å². The lowest BCUT2D eigenvalue weighted by Crippen LogP contribution is -2.51. The van der Waals surface area contributed by atoms with Crippen LogP contribution in [0, 0.1) is 5.92 Å². The maximum atomic E-state index is 12.0. The number of nitrogens with one attached hydrogen (secondary N) is 1. The smallest absolute Gasteiger partial charge is 0.242 e. The molecule has 1 aliphatic rings. The van der Waals surface area contributed by atoms with Gasteiger partial charge in [-0.25, -0.2) is 0 Å². The molecular formula is C17H20N2O. The number of benzene rings is 2. The van der Waals surface area contributed by atoms with E-state index in [4.69, 9.17) is 5.73 Å². The molecule has 2 aromatic rings. The molecule has 0 saturated heterocycles. The van der Waals surface area contributed by atoms with Crippen LogP contribution < -0.4 is 11.1 Å². The molecule has 0 radical (unpaired) electrons. The summed E-state index contributed by atoms with van der Waals surface area (Å²) < 4.78 is 0. The van der Waals surface area contributed by atoms with Gasteiger partial charge in [0.25, 0.3) is 0 Å². The highest BCUT2D eigenvalue weighted by Crippen LogP contribution is 2.30. The third-order valence-electron chi connectivity index (χ3n) is 4.26. The molecule has 1 atom stereocenters. The van der Waals surface area contributed by atoms with Gasteiger partial charge in [0.2, 0.25) is 5.91 Å². The van der Waals surface area contributed by atoms with Crippen LogP contribution in [0.4, 0.5) is 0 Å². The standard InChI is InChI=1S/C17H20N2O/c1-17(16(18)20,19-11-12-6-7-12)15-9-8-13-4-2-3-5-14(13)10-15/h2-5,8-10,12,19H,6-7,11H2,1H3,(H2,18,20). The van der Waals surface area contributed by atoms with Crippen LogP contribution in [-0.2, 0) is 10.3 Å². The van der Waals surface area contributed by atoms with E-state index in [1.807, 2.05) is 31.2 Å². The molecule has 1 saturated carbocycles. The molecule has 3 rings (SSSR count). The van der Waals surface area contributed by atoms with E-state index in [0.29, 0.717) is 5.92 Å².